The molecule has 0 saturated heterocycles. The van der Waals surface area contributed by atoms with Gasteiger partial charge >= 0.3 is 0 Å². The molecule has 1 heterocycles. The standard InChI is InChI=1S/C15H11ClN2O2S/c1-21-11-5-2-9(3-6-11)14-17-15(20-18-14)12-8-10(19)4-7-13(12)16/h2-8,19H,1H3. The Labute approximate surface area is 130 Å². The smallest absolute Gasteiger partial charge is 0.259 e. The number of aromatic nitrogens is 2. The Kier molecular flexibility index (Phi) is 3.86. The van der Waals surface area contributed by atoms with E-state index < -0.39 is 0 Å². The van der Waals surface area contributed by atoms with Gasteiger partial charge in [0.05, 0.1) is 10.6 Å². The van der Waals surface area contributed by atoms with Crippen LogP contribution in [0, 0.1) is 0 Å². The molecule has 106 valence electrons. The molecule has 1 aromatic heterocycles. The first-order valence-electron chi connectivity index (χ1n) is 6.14. The zero-order valence-corrected chi connectivity index (χ0v) is 12.6. The molecule has 0 aliphatic rings. The molecule has 0 fully saturated rings. The number of nitrogens with zero attached hydrogens (tertiary/aromatic N) is 2. The van der Waals surface area contributed by atoms with Gasteiger partial charge in [-0.2, -0.15) is 4.98 Å². The van der Waals surface area contributed by atoms with Gasteiger partial charge in [-0.1, -0.05) is 16.8 Å². The SMILES string of the molecule is CSc1ccc(-c2noc(-c3cc(O)ccc3Cl)n2)cc1. The zero-order valence-electron chi connectivity index (χ0n) is 11.1. The summed E-state index contributed by atoms with van der Waals surface area (Å²) >= 11 is 7.75. The first-order valence-corrected chi connectivity index (χ1v) is 7.74. The van der Waals surface area contributed by atoms with Crippen LogP contribution >= 0.6 is 23.4 Å². The topological polar surface area (TPSA) is 59.2 Å². The van der Waals surface area contributed by atoms with Crippen LogP contribution in [0.3, 0.4) is 0 Å². The highest BCUT2D eigenvalue weighted by molar-refractivity contribution is 7.98. The number of hydrogen-bond donors (Lipinski definition) is 1. The van der Waals surface area contributed by atoms with Crippen LogP contribution in [-0.2, 0) is 0 Å². The Hall–Kier alpha value is -1.98. The fourth-order valence-corrected chi connectivity index (χ4v) is 2.47. The van der Waals surface area contributed by atoms with Crippen molar-refractivity contribution in [1.82, 2.24) is 10.1 Å². The van der Waals surface area contributed by atoms with Crippen molar-refractivity contribution in [2.24, 2.45) is 0 Å². The van der Waals surface area contributed by atoms with Crippen molar-refractivity contribution in [3.63, 3.8) is 0 Å². The number of aromatic hydroxyl groups is 1. The maximum absolute atomic E-state index is 9.53. The van der Waals surface area contributed by atoms with Crippen molar-refractivity contribution < 1.29 is 9.63 Å². The van der Waals surface area contributed by atoms with Crippen LogP contribution in [0.4, 0.5) is 0 Å². The second kappa shape index (κ2) is 5.79. The van der Waals surface area contributed by atoms with Gasteiger partial charge in [0.1, 0.15) is 5.75 Å². The Morgan fingerprint density at radius 3 is 2.62 bits per heavy atom. The van der Waals surface area contributed by atoms with Crippen LogP contribution in [0.5, 0.6) is 5.75 Å². The third-order valence-corrected chi connectivity index (χ3v) is 4.03. The minimum Gasteiger partial charge on any atom is -0.508 e. The highest BCUT2D eigenvalue weighted by atomic mass is 35.5. The van der Waals surface area contributed by atoms with Gasteiger partial charge in [0, 0.05) is 10.5 Å². The minimum absolute atomic E-state index is 0.0958. The van der Waals surface area contributed by atoms with Crippen molar-refractivity contribution in [3.8, 4) is 28.6 Å². The molecule has 0 radical (unpaired) electrons. The first kappa shape index (κ1) is 14.0. The van der Waals surface area contributed by atoms with Crippen molar-refractivity contribution in [3.05, 3.63) is 47.5 Å². The molecule has 0 unspecified atom stereocenters. The Morgan fingerprint density at radius 2 is 1.90 bits per heavy atom. The molecule has 0 spiro atoms. The predicted octanol–water partition coefficient (Wildman–Crippen LogP) is 4.48. The zero-order chi connectivity index (χ0) is 14.8. The van der Waals surface area contributed by atoms with E-state index in [1.165, 1.54) is 17.0 Å². The lowest BCUT2D eigenvalue weighted by Crippen LogP contribution is -1.82. The van der Waals surface area contributed by atoms with Crippen molar-refractivity contribution in [2.75, 3.05) is 6.26 Å². The van der Waals surface area contributed by atoms with E-state index in [-0.39, 0.29) is 11.6 Å². The Balaban J connectivity index is 1.97. The quantitative estimate of drug-likeness (QED) is 0.721. The highest BCUT2D eigenvalue weighted by Crippen LogP contribution is 2.31. The summed E-state index contributed by atoms with van der Waals surface area (Å²) < 4.78 is 5.24. The van der Waals surface area contributed by atoms with Gasteiger partial charge < -0.3 is 9.63 Å². The summed E-state index contributed by atoms with van der Waals surface area (Å²) in [6, 6.07) is 12.5. The Morgan fingerprint density at radius 1 is 1.14 bits per heavy atom. The third kappa shape index (κ3) is 2.89. The largest absolute Gasteiger partial charge is 0.508 e. The lowest BCUT2D eigenvalue weighted by Gasteiger charge is -1.99. The van der Waals surface area contributed by atoms with Crippen LogP contribution in [0.15, 0.2) is 51.9 Å². The first-order chi connectivity index (χ1) is 10.2. The average molecular weight is 319 g/mol. The van der Waals surface area contributed by atoms with Crippen molar-refractivity contribution in [1.29, 1.82) is 0 Å². The van der Waals surface area contributed by atoms with Gasteiger partial charge in [0.2, 0.25) is 5.82 Å². The number of phenolic OH excluding ortho intramolecular Hbond substituents is 1. The number of halogens is 1. The predicted molar refractivity (Wildman–Crippen MR) is 83.6 cm³/mol. The van der Waals surface area contributed by atoms with E-state index in [1.54, 1.807) is 17.8 Å². The second-order valence-corrected chi connectivity index (χ2v) is 5.60. The van der Waals surface area contributed by atoms with Gasteiger partial charge in [-0.15, -0.1) is 11.8 Å². The van der Waals surface area contributed by atoms with Gasteiger partial charge in [0.15, 0.2) is 0 Å². The molecule has 4 nitrogen and oxygen atoms in total. The summed E-state index contributed by atoms with van der Waals surface area (Å²) in [4.78, 5) is 5.49. The molecule has 0 aliphatic heterocycles. The molecule has 0 bridgehead atoms. The molecule has 1 N–H and O–H groups in total. The number of benzene rings is 2. The van der Waals surface area contributed by atoms with E-state index in [2.05, 4.69) is 10.1 Å². The number of hydrogen-bond acceptors (Lipinski definition) is 5. The summed E-state index contributed by atoms with van der Waals surface area (Å²) in [5, 5.41) is 13.9. The fourth-order valence-electron chi connectivity index (χ4n) is 1.87. The van der Waals surface area contributed by atoms with Crippen LogP contribution in [-0.4, -0.2) is 21.5 Å². The van der Waals surface area contributed by atoms with Crippen LogP contribution in [0.2, 0.25) is 5.02 Å². The summed E-state index contributed by atoms with van der Waals surface area (Å²) in [5.41, 5.74) is 1.37. The van der Waals surface area contributed by atoms with Crippen LogP contribution in [0.25, 0.3) is 22.8 Å². The van der Waals surface area contributed by atoms with E-state index in [0.29, 0.717) is 16.4 Å². The lowest BCUT2D eigenvalue weighted by atomic mass is 10.2. The average Bonchev–Trinajstić information content (AvgIpc) is 2.99. The molecule has 0 aliphatic carbocycles. The molecule has 0 atom stereocenters. The van der Waals surface area contributed by atoms with E-state index in [9.17, 15) is 5.11 Å². The van der Waals surface area contributed by atoms with E-state index in [1.807, 2.05) is 30.5 Å². The second-order valence-electron chi connectivity index (χ2n) is 4.32. The van der Waals surface area contributed by atoms with Crippen molar-refractivity contribution in [2.45, 2.75) is 4.90 Å². The molecule has 3 rings (SSSR count). The minimum atomic E-state index is 0.0958. The lowest BCUT2D eigenvalue weighted by molar-refractivity contribution is 0.431. The van der Waals surface area contributed by atoms with Gasteiger partial charge in [-0.05, 0) is 48.7 Å². The van der Waals surface area contributed by atoms with Crippen molar-refractivity contribution >= 4 is 23.4 Å². The summed E-state index contributed by atoms with van der Waals surface area (Å²) in [6.45, 7) is 0. The van der Waals surface area contributed by atoms with E-state index in [0.717, 1.165) is 5.56 Å². The van der Waals surface area contributed by atoms with Crippen LogP contribution in [0.1, 0.15) is 0 Å². The number of thioether (sulfide) groups is 1. The maximum atomic E-state index is 9.53. The molecular formula is C15H11ClN2O2S. The Bertz CT molecular complexity index is 772. The molecule has 6 heteroatoms. The molecule has 0 amide bonds. The summed E-state index contributed by atoms with van der Waals surface area (Å²) in [7, 11) is 0. The molecular weight excluding hydrogens is 308 g/mol. The fraction of sp³-hybridized carbons (Fsp3) is 0.0667. The third-order valence-electron chi connectivity index (χ3n) is 2.95. The van der Waals surface area contributed by atoms with Gasteiger partial charge in [-0.25, -0.2) is 0 Å². The highest BCUT2D eigenvalue weighted by Gasteiger charge is 2.14. The number of phenols is 1. The summed E-state index contributed by atoms with van der Waals surface area (Å²) in [5.74, 6) is 0.857. The monoisotopic (exact) mass is 318 g/mol. The van der Waals surface area contributed by atoms with E-state index >= 15 is 0 Å². The molecule has 0 saturated carbocycles. The van der Waals surface area contributed by atoms with E-state index in [4.69, 9.17) is 16.1 Å². The number of rotatable bonds is 3. The van der Waals surface area contributed by atoms with Gasteiger partial charge in [-0.3, -0.25) is 0 Å². The molecule has 3 aromatic rings. The summed E-state index contributed by atoms with van der Waals surface area (Å²) in [6.07, 6.45) is 2.02. The van der Waals surface area contributed by atoms with Crippen LogP contribution < -0.4 is 0 Å². The molecule has 21 heavy (non-hydrogen) atoms. The maximum Gasteiger partial charge on any atom is 0.259 e. The van der Waals surface area contributed by atoms with Gasteiger partial charge in [0.25, 0.3) is 5.89 Å². The normalized spacial score (nSPS) is 10.8. The molecule has 2 aromatic carbocycles.